The molecule has 1 N–H and O–H groups in total. The summed E-state index contributed by atoms with van der Waals surface area (Å²) in [6.45, 7) is 1.65. The Morgan fingerprint density at radius 3 is 2.47 bits per heavy atom. The molecule has 0 aromatic heterocycles. The van der Waals surface area contributed by atoms with Gasteiger partial charge in [0.15, 0.2) is 0 Å². The highest BCUT2D eigenvalue weighted by Gasteiger charge is 2.11. The number of benzene rings is 2. The van der Waals surface area contributed by atoms with Crippen LogP contribution < -0.4 is 4.74 Å². The van der Waals surface area contributed by atoms with Crippen molar-refractivity contribution in [3.05, 3.63) is 58.6 Å². The van der Waals surface area contributed by atoms with Crippen molar-refractivity contribution >= 4 is 11.6 Å². The van der Waals surface area contributed by atoms with E-state index in [0.29, 0.717) is 27.6 Å². The van der Waals surface area contributed by atoms with Gasteiger partial charge in [-0.3, -0.25) is 0 Å². The zero-order valence-electron chi connectivity index (χ0n) is 10.3. The van der Waals surface area contributed by atoms with Gasteiger partial charge >= 0.3 is 0 Å². The van der Waals surface area contributed by atoms with Crippen molar-refractivity contribution in [1.29, 1.82) is 5.26 Å². The number of aliphatic hydroxyl groups is 1. The maximum absolute atomic E-state index is 9.71. The second-order valence-electron chi connectivity index (χ2n) is 4.10. The van der Waals surface area contributed by atoms with Crippen LogP contribution in [0.4, 0.5) is 0 Å². The molecular weight excluding hydrogens is 262 g/mol. The minimum absolute atomic E-state index is 0.469. The molecule has 19 heavy (non-hydrogen) atoms. The highest BCUT2D eigenvalue weighted by atomic mass is 35.5. The summed E-state index contributed by atoms with van der Waals surface area (Å²) in [5.41, 5.74) is 1.11. The van der Waals surface area contributed by atoms with Gasteiger partial charge in [-0.05, 0) is 43.3 Å². The Hall–Kier alpha value is -2.02. The van der Waals surface area contributed by atoms with Crippen molar-refractivity contribution in [3.63, 3.8) is 0 Å². The van der Waals surface area contributed by atoms with Crippen molar-refractivity contribution < 1.29 is 9.84 Å². The summed E-state index contributed by atoms with van der Waals surface area (Å²) in [6.07, 6.45) is -0.671. The summed E-state index contributed by atoms with van der Waals surface area (Å²) in [7, 11) is 0. The second kappa shape index (κ2) is 5.75. The van der Waals surface area contributed by atoms with Crippen LogP contribution in [0.1, 0.15) is 24.2 Å². The number of hydrogen-bond acceptors (Lipinski definition) is 3. The number of hydrogen-bond donors (Lipinski definition) is 1. The predicted octanol–water partition coefficient (Wildman–Crippen LogP) is 4.06. The monoisotopic (exact) mass is 273 g/mol. The van der Waals surface area contributed by atoms with Crippen LogP contribution in [-0.2, 0) is 0 Å². The molecule has 0 aliphatic carbocycles. The SMILES string of the molecule is C[C@H](O)c1ccc(C#N)cc1Oc1ccc(Cl)cc1. The first-order chi connectivity index (χ1) is 9.10. The van der Waals surface area contributed by atoms with Gasteiger partial charge in [0.05, 0.1) is 17.7 Å². The molecule has 0 spiro atoms. The maximum atomic E-state index is 9.71. The highest BCUT2D eigenvalue weighted by Crippen LogP contribution is 2.31. The molecule has 0 radical (unpaired) electrons. The molecule has 0 amide bonds. The van der Waals surface area contributed by atoms with Gasteiger partial charge in [-0.2, -0.15) is 5.26 Å². The average Bonchev–Trinajstić information content (AvgIpc) is 2.41. The molecule has 96 valence electrons. The van der Waals surface area contributed by atoms with Crippen molar-refractivity contribution in [3.8, 4) is 17.6 Å². The van der Waals surface area contributed by atoms with E-state index >= 15 is 0 Å². The van der Waals surface area contributed by atoms with Gasteiger partial charge < -0.3 is 9.84 Å². The van der Waals surface area contributed by atoms with E-state index in [1.54, 1.807) is 49.4 Å². The van der Waals surface area contributed by atoms with Gasteiger partial charge in [0.1, 0.15) is 11.5 Å². The van der Waals surface area contributed by atoms with Crippen LogP contribution in [0.3, 0.4) is 0 Å². The van der Waals surface area contributed by atoms with E-state index in [4.69, 9.17) is 21.6 Å². The van der Waals surface area contributed by atoms with Crippen molar-refractivity contribution in [2.75, 3.05) is 0 Å². The highest BCUT2D eigenvalue weighted by molar-refractivity contribution is 6.30. The number of nitriles is 1. The Kier molecular flexibility index (Phi) is 4.06. The zero-order chi connectivity index (χ0) is 13.8. The molecular formula is C15H12ClNO2. The van der Waals surface area contributed by atoms with Gasteiger partial charge in [0, 0.05) is 10.6 Å². The smallest absolute Gasteiger partial charge is 0.134 e. The lowest BCUT2D eigenvalue weighted by molar-refractivity contribution is 0.195. The Morgan fingerprint density at radius 2 is 1.89 bits per heavy atom. The fraction of sp³-hybridized carbons (Fsp3) is 0.133. The summed E-state index contributed by atoms with van der Waals surface area (Å²) in [4.78, 5) is 0. The molecule has 2 aromatic rings. The lowest BCUT2D eigenvalue weighted by atomic mass is 10.1. The number of nitrogens with zero attached hydrogens (tertiary/aromatic N) is 1. The van der Waals surface area contributed by atoms with E-state index in [9.17, 15) is 5.11 Å². The van der Waals surface area contributed by atoms with Gasteiger partial charge in [0.25, 0.3) is 0 Å². The number of ether oxygens (including phenoxy) is 1. The molecule has 0 fully saturated rings. The first kappa shape index (κ1) is 13.4. The first-order valence-corrected chi connectivity index (χ1v) is 6.13. The van der Waals surface area contributed by atoms with E-state index in [2.05, 4.69) is 0 Å². The third kappa shape index (κ3) is 3.25. The van der Waals surface area contributed by atoms with Gasteiger partial charge in [-0.15, -0.1) is 0 Å². The van der Waals surface area contributed by atoms with Crippen LogP contribution in [-0.4, -0.2) is 5.11 Å². The number of halogens is 1. The Bertz CT molecular complexity index is 615. The van der Waals surface area contributed by atoms with E-state index < -0.39 is 6.10 Å². The van der Waals surface area contributed by atoms with E-state index in [-0.39, 0.29) is 0 Å². The van der Waals surface area contributed by atoms with Gasteiger partial charge in [-0.25, -0.2) is 0 Å². The molecule has 0 saturated heterocycles. The second-order valence-corrected chi connectivity index (χ2v) is 4.53. The molecule has 0 heterocycles. The minimum Gasteiger partial charge on any atom is -0.457 e. The maximum Gasteiger partial charge on any atom is 0.134 e. The van der Waals surface area contributed by atoms with Crippen LogP contribution in [0.2, 0.25) is 5.02 Å². The molecule has 0 saturated carbocycles. The van der Waals surface area contributed by atoms with Crippen molar-refractivity contribution in [2.24, 2.45) is 0 Å². The lowest BCUT2D eigenvalue weighted by Crippen LogP contribution is -1.96. The fourth-order valence-electron chi connectivity index (χ4n) is 1.67. The molecule has 2 rings (SSSR count). The van der Waals surface area contributed by atoms with Crippen LogP contribution in [0.5, 0.6) is 11.5 Å². The standard InChI is InChI=1S/C15H12ClNO2/c1-10(18)14-7-2-11(9-17)8-15(14)19-13-5-3-12(16)4-6-13/h2-8,10,18H,1H3/t10-/m0/s1. The quantitative estimate of drug-likeness (QED) is 0.917. The molecule has 0 aliphatic heterocycles. The summed E-state index contributed by atoms with van der Waals surface area (Å²) in [6, 6.07) is 13.9. The van der Waals surface area contributed by atoms with Crippen LogP contribution in [0.15, 0.2) is 42.5 Å². The zero-order valence-corrected chi connectivity index (χ0v) is 11.1. The average molecular weight is 274 g/mol. The molecule has 4 heteroatoms. The molecule has 0 unspecified atom stereocenters. The normalized spacial score (nSPS) is 11.7. The molecule has 0 aliphatic rings. The van der Waals surface area contributed by atoms with Gasteiger partial charge in [-0.1, -0.05) is 17.7 Å². The van der Waals surface area contributed by atoms with Crippen molar-refractivity contribution in [1.82, 2.24) is 0 Å². The van der Waals surface area contributed by atoms with Gasteiger partial charge in [0.2, 0.25) is 0 Å². The first-order valence-electron chi connectivity index (χ1n) is 5.75. The molecule has 3 nitrogen and oxygen atoms in total. The molecule has 2 aromatic carbocycles. The largest absolute Gasteiger partial charge is 0.457 e. The summed E-state index contributed by atoms with van der Waals surface area (Å²) < 4.78 is 5.70. The topological polar surface area (TPSA) is 53.2 Å². The van der Waals surface area contributed by atoms with E-state index in [0.717, 1.165) is 0 Å². The predicted molar refractivity (Wildman–Crippen MR) is 73.3 cm³/mol. The van der Waals surface area contributed by atoms with Crippen molar-refractivity contribution in [2.45, 2.75) is 13.0 Å². The summed E-state index contributed by atoms with van der Waals surface area (Å²) in [5.74, 6) is 1.07. The fourth-order valence-corrected chi connectivity index (χ4v) is 1.79. The number of aliphatic hydroxyl groups excluding tert-OH is 1. The Labute approximate surface area is 116 Å². The summed E-state index contributed by atoms with van der Waals surface area (Å²) >= 11 is 5.81. The third-order valence-electron chi connectivity index (χ3n) is 2.63. The van der Waals surface area contributed by atoms with Crippen LogP contribution >= 0.6 is 11.6 Å². The molecule has 1 atom stereocenters. The van der Waals surface area contributed by atoms with E-state index in [1.165, 1.54) is 0 Å². The summed E-state index contributed by atoms with van der Waals surface area (Å²) in [5, 5.41) is 19.2. The lowest BCUT2D eigenvalue weighted by Gasteiger charge is -2.13. The Morgan fingerprint density at radius 1 is 1.21 bits per heavy atom. The van der Waals surface area contributed by atoms with Crippen LogP contribution in [0, 0.1) is 11.3 Å². The third-order valence-corrected chi connectivity index (χ3v) is 2.89. The van der Waals surface area contributed by atoms with E-state index in [1.807, 2.05) is 6.07 Å². The van der Waals surface area contributed by atoms with Crippen LogP contribution in [0.25, 0.3) is 0 Å². The number of rotatable bonds is 3. The minimum atomic E-state index is -0.671. The Balaban J connectivity index is 2.37. The molecule has 0 bridgehead atoms.